The fourth-order valence-electron chi connectivity index (χ4n) is 0.136. The van der Waals surface area contributed by atoms with E-state index >= 15 is 0 Å². The van der Waals surface area contributed by atoms with Crippen molar-refractivity contribution in [3.8, 4) is 0 Å². The van der Waals surface area contributed by atoms with Gasteiger partial charge in [-0.3, -0.25) is 0 Å². The van der Waals surface area contributed by atoms with Crippen LogP contribution in [0.25, 0.3) is 0 Å². The first-order valence-corrected chi connectivity index (χ1v) is 22.1. The van der Waals surface area contributed by atoms with E-state index in [9.17, 15) is 0 Å². The maximum absolute atomic E-state index is 3.65. The summed E-state index contributed by atoms with van der Waals surface area (Å²) in [6.45, 7) is 0. The van der Waals surface area contributed by atoms with Crippen molar-refractivity contribution >= 4 is 51.2 Å². The molecule has 1 rings (SSSR count). The Kier molecular flexibility index (Phi) is 16.8. The fraction of sp³-hybridized carbons (Fsp3) is 0.750. The molecule has 0 saturated carbocycles. The van der Waals surface area contributed by atoms with Crippen LogP contribution in [-0.2, 0) is 0 Å². The normalized spacial score (nSPS) is 8.62. The van der Waals surface area contributed by atoms with E-state index in [1.807, 2.05) is 0 Å². The molecule has 2 radical (unpaired) electrons. The number of hydrogen-bond donors (Lipinski definition) is 0. The van der Waals surface area contributed by atoms with Crippen molar-refractivity contribution in [3.63, 3.8) is 0 Å². The van der Waals surface area contributed by atoms with E-state index < -0.39 is 39.5 Å². The van der Waals surface area contributed by atoms with Crippen LogP contribution < -0.4 is 0 Å². The van der Waals surface area contributed by atoms with Crippen LogP contribution >= 0.6 is 11.7 Å². The summed E-state index contributed by atoms with van der Waals surface area (Å²) in [7, 11) is 0. The average Bonchev–Trinajstić information content (AvgIpc) is 2.35. The number of nitrogens with zero attached hydrogens (tertiary/aromatic N) is 2. The van der Waals surface area contributed by atoms with Gasteiger partial charge in [-0.2, -0.15) is 8.75 Å². The zero-order chi connectivity index (χ0) is 10.7. The first-order chi connectivity index (χ1) is 5.96. The molecule has 1 aromatic rings. The Morgan fingerprint density at radius 3 is 1.08 bits per heavy atom. The molecule has 0 saturated heterocycles. The molecule has 1 aromatic heterocycles. The Hall–Kier alpha value is 1.16. The standard InChI is InChI=1S/C2H2N2S.6CH3.2Sn/c1-2-4-5-3-1;;;;;;;;/h1-2H;6*1H3;;. The molecule has 0 fully saturated rings. The quantitative estimate of drug-likeness (QED) is 0.610. The number of hydrogen-bond acceptors (Lipinski definition) is 3. The second-order valence-corrected chi connectivity index (χ2v) is 21.3. The molecule has 2 nitrogen and oxygen atoms in total. The Morgan fingerprint density at radius 1 is 0.769 bits per heavy atom. The molecule has 5 heteroatoms. The van der Waals surface area contributed by atoms with Gasteiger partial charge in [0.2, 0.25) is 0 Å². The molecule has 0 aliphatic rings. The fourth-order valence-corrected chi connectivity index (χ4v) is 0.408. The van der Waals surface area contributed by atoms with Crippen LogP contribution in [0.5, 0.6) is 0 Å². The molecule has 0 aliphatic heterocycles. The Morgan fingerprint density at radius 2 is 1.00 bits per heavy atom. The minimum absolute atomic E-state index is 0.543. The summed E-state index contributed by atoms with van der Waals surface area (Å²) >= 11 is 0.126. The third-order valence-corrected chi connectivity index (χ3v) is 0.715. The summed E-state index contributed by atoms with van der Waals surface area (Å²) in [5.41, 5.74) is 0. The average molecular weight is 414 g/mol. The number of aromatic nitrogens is 2. The maximum atomic E-state index is 3.65. The molecule has 0 aliphatic carbocycles. The molecule has 0 aromatic carbocycles. The van der Waals surface area contributed by atoms with Gasteiger partial charge < -0.3 is 0 Å². The van der Waals surface area contributed by atoms with E-state index in [1.54, 1.807) is 12.4 Å². The monoisotopic (exact) mass is 416 g/mol. The van der Waals surface area contributed by atoms with Crippen LogP contribution in [0.15, 0.2) is 12.4 Å². The van der Waals surface area contributed by atoms with Gasteiger partial charge in [-0.15, -0.1) is 0 Å². The second kappa shape index (κ2) is 13.2. The van der Waals surface area contributed by atoms with E-state index in [4.69, 9.17) is 0 Å². The van der Waals surface area contributed by atoms with Gasteiger partial charge in [-0.25, -0.2) is 0 Å². The molecule has 0 unspecified atom stereocenters. The van der Waals surface area contributed by atoms with Crippen molar-refractivity contribution in [3.05, 3.63) is 12.4 Å². The van der Waals surface area contributed by atoms with Crippen molar-refractivity contribution in [1.29, 1.82) is 0 Å². The first-order valence-electron chi connectivity index (χ1n) is 4.21. The van der Waals surface area contributed by atoms with E-state index in [0.717, 1.165) is 0 Å². The zero-order valence-electron chi connectivity index (χ0n) is 9.46. The second-order valence-electron chi connectivity index (χ2n) is 3.59. The summed E-state index contributed by atoms with van der Waals surface area (Å²) in [4.78, 5) is 14.2. The summed E-state index contributed by atoms with van der Waals surface area (Å²) in [6.07, 6.45) is 3.31. The van der Waals surface area contributed by atoms with E-state index in [0.29, 0.717) is 0 Å². The van der Waals surface area contributed by atoms with Crippen molar-refractivity contribution < 1.29 is 0 Å². The van der Waals surface area contributed by atoms with Crippen LogP contribution in [0.2, 0.25) is 29.6 Å². The molecular weight excluding hydrogens is 394 g/mol. The molecule has 13 heavy (non-hydrogen) atoms. The Bertz CT molecular complexity index is 126. The van der Waals surface area contributed by atoms with Gasteiger partial charge >= 0.3 is 69.2 Å². The van der Waals surface area contributed by atoms with Crippen LogP contribution in [0.4, 0.5) is 0 Å². The summed E-state index contributed by atoms with van der Waals surface area (Å²) in [5.74, 6) is 0. The molecule has 0 amide bonds. The van der Waals surface area contributed by atoms with Crippen molar-refractivity contribution in [2.75, 3.05) is 0 Å². The van der Waals surface area contributed by atoms with Gasteiger partial charge in [0.15, 0.2) is 0 Å². The van der Waals surface area contributed by atoms with Gasteiger partial charge in [-0.1, -0.05) is 0 Å². The van der Waals surface area contributed by atoms with Gasteiger partial charge in [0.1, 0.15) is 0 Å². The SMILES string of the molecule is [CH3][Sn]([CH3])[CH3].[CH3][Sn]([CH3])[CH3].c1cnsn1. The summed E-state index contributed by atoms with van der Waals surface area (Å²) < 4.78 is 7.31. The molecule has 0 N–H and O–H groups in total. The van der Waals surface area contributed by atoms with E-state index in [1.165, 1.54) is 11.7 Å². The van der Waals surface area contributed by atoms with Crippen molar-refractivity contribution in [2.24, 2.45) is 0 Å². The number of rotatable bonds is 0. The molecule has 0 atom stereocenters. The molecular formula is C8H20N2SSn2. The predicted molar refractivity (Wildman–Crippen MR) is 66.6 cm³/mol. The van der Waals surface area contributed by atoms with Gasteiger partial charge in [0, 0.05) is 0 Å². The van der Waals surface area contributed by atoms with Gasteiger partial charge in [0.05, 0.1) is 24.1 Å². The molecule has 1 heterocycles. The first kappa shape index (κ1) is 16.6. The predicted octanol–water partition coefficient (Wildman–Crippen LogP) is 3.28. The molecule has 76 valence electrons. The minimum atomic E-state index is -0.543. The topological polar surface area (TPSA) is 25.8 Å². The van der Waals surface area contributed by atoms with Gasteiger partial charge in [-0.05, 0) is 0 Å². The third kappa shape index (κ3) is 43.2. The van der Waals surface area contributed by atoms with Crippen LogP contribution in [0.3, 0.4) is 0 Å². The van der Waals surface area contributed by atoms with E-state index in [-0.39, 0.29) is 0 Å². The molecule has 0 spiro atoms. The third-order valence-electron chi connectivity index (χ3n) is 0.283. The summed E-state index contributed by atoms with van der Waals surface area (Å²) in [5, 5.41) is 0. The van der Waals surface area contributed by atoms with Crippen molar-refractivity contribution in [2.45, 2.75) is 29.6 Å². The van der Waals surface area contributed by atoms with E-state index in [2.05, 4.69) is 38.4 Å². The molecule has 0 bridgehead atoms. The summed E-state index contributed by atoms with van der Waals surface area (Å²) in [6, 6.07) is 0. The Balaban J connectivity index is 0. The maximum Gasteiger partial charge on any atom is 0.0679 e. The van der Waals surface area contributed by atoms with Crippen LogP contribution in [0, 0.1) is 0 Å². The van der Waals surface area contributed by atoms with Crippen molar-refractivity contribution in [1.82, 2.24) is 8.75 Å². The smallest absolute Gasteiger partial charge is 0.0679 e. The van der Waals surface area contributed by atoms with Crippen LogP contribution in [0.1, 0.15) is 0 Å². The van der Waals surface area contributed by atoms with Gasteiger partial charge in [0.25, 0.3) is 0 Å². The Labute approximate surface area is 101 Å². The minimum Gasteiger partial charge on any atom is -0.182 e. The largest absolute Gasteiger partial charge is 0.182 e. The zero-order valence-corrected chi connectivity index (χ0v) is 16.0. The van der Waals surface area contributed by atoms with Crippen LogP contribution in [-0.4, -0.2) is 48.3 Å².